The topological polar surface area (TPSA) is 79.5 Å². The molecule has 1 aliphatic rings. The van der Waals surface area contributed by atoms with E-state index in [4.69, 9.17) is 4.74 Å². The van der Waals surface area contributed by atoms with Gasteiger partial charge in [-0.25, -0.2) is 4.79 Å². The van der Waals surface area contributed by atoms with E-state index in [1.807, 2.05) is 0 Å². The number of carbonyl (C=O) groups is 2. The number of benzene rings is 1. The number of ether oxygens (including phenoxy) is 1. The molecule has 1 aromatic rings. The van der Waals surface area contributed by atoms with Crippen LogP contribution in [0, 0.1) is 0 Å². The second kappa shape index (κ2) is 4.79. The van der Waals surface area contributed by atoms with Crippen molar-refractivity contribution in [3.8, 4) is 0 Å². The molecule has 0 fully saturated rings. The van der Waals surface area contributed by atoms with Gasteiger partial charge in [-0.15, -0.1) is 0 Å². The molecule has 102 valence electrons. The van der Waals surface area contributed by atoms with E-state index in [2.05, 4.69) is 16.0 Å². The van der Waals surface area contributed by atoms with Crippen molar-refractivity contribution >= 4 is 29.1 Å². The minimum absolute atomic E-state index is 0.0830. The molecule has 6 nitrogen and oxygen atoms in total. The average Bonchev–Trinajstić information content (AvgIpc) is 2.26. The van der Waals surface area contributed by atoms with Crippen LogP contribution in [0.2, 0.25) is 0 Å². The molecule has 19 heavy (non-hydrogen) atoms. The fraction of sp³-hybridized carbons (Fsp3) is 0.385. The molecule has 2 rings (SSSR count). The zero-order valence-electron chi connectivity index (χ0n) is 11.2. The van der Waals surface area contributed by atoms with E-state index in [1.54, 1.807) is 39.0 Å². The lowest BCUT2D eigenvalue weighted by Gasteiger charge is -2.21. The third-order valence-electron chi connectivity index (χ3n) is 2.38. The van der Waals surface area contributed by atoms with Gasteiger partial charge in [0.05, 0.1) is 17.9 Å². The van der Waals surface area contributed by atoms with E-state index in [0.29, 0.717) is 11.4 Å². The van der Waals surface area contributed by atoms with Gasteiger partial charge in [0, 0.05) is 5.69 Å². The Kier molecular flexibility index (Phi) is 3.33. The van der Waals surface area contributed by atoms with E-state index in [9.17, 15) is 9.59 Å². The second-order valence-electron chi connectivity index (χ2n) is 5.29. The molecule has 0 radical (unpaired) electrons. The molecule has 0 spiro atoms. The predicted octanol–water partition coefficient (Wildman–Crippen LogP) is 2.40. The molecule has 0 aliphatic carbocycles. The number of hydrogen-bond donors (Lipinski definition) is 3. The summed E-state index contributed by atoms with van der Waals surface area (Å²) in [6.07, 6.45) is -0.507. The van der Waals surface area contributed by atoms with Gasteiger partial charge < -0.3 is 15.4 Å². The van der Waals surface area contributed by atoms with Gasteiger partial charge in [-0.2, -0.15) is 0 Å². The van der Waals surface area contributed by atoms with E-state index in [1.165, 1.54) is 0 Å². The minimum atomic E-state index is -0.537. The summed E-state index contributed by atoms with van der Waals surface area (Å²) >= 11 is 0. The number of fused-ring (bicyclic) bond motifs is 1. The highest BCUT2D eigenvalue weighted by molar-refractivity contribution is 6.01. The van der Waals surface area contributed by atoms with Crippen LogP contribution in [0.4, 0.5) is 21.9 Å². The molecule has 1 aliphatic heterocycles. The van der Waals surface area contributed by atoms with Crippen molar-refractivity contribution in [2.24, 2.45) is 0 Å². The first kappa shape index (κ1) is 13.2. The molecule has 0 bridgehead atoms. The van der Waals surface area contributed by atoms with Crippen LogP contribution in [0.15, 0.2) is 18.2 Å². The fourth-order valence-corrected chi connectivity index (χ4v) is 1.67. The number of nitrogens with one attached hydrogen (secondary N) is 3. The molecular weight excluding hydrogens is 246 g/mol. The molecule has 0 aromatic heterocycles. The Morgan fingerprint density at radius 3 is 2.74 bits per heavy atom. The van der Waals surface area contributed by atoms with Gasteiger partial charge >= 0.3 is 6.09 Å². The van der Waals surface area contributed by atoms with Crippen LogP contribution in [0.5, 0.6) is 0 Å². The summed E-state index contributed by atoms with van der Waals surface area (Å²) in [6, 6.07) is 5.18. The summed E-state index contributed by atoms with van der Waals surface area (Å²) in [4.78, 5) is 22.8. The van der Waals surface area contributed by atoms with Gasteiger partial charge in [-0.05, 0) is 39.0 Å². The number of rotatable bonds is 1. The van der Waals surface area contributed by atoms with Crippen LogP contribution < -0.4 is 16.0 Å². The monoisotopic (exact) mass is 263 g/mol. The zero-order chi connectivity index (χ0) is 14.0. The number of amides is 2. The van der Waals surface area contributed by atoms with Gasteiger partial charge in [0.15, 0.2) is 0 Å². The highest BCUT2D eigenvalue weighted by Crippen LogP contribution is 2.28. The average molecular weight is 263 g/mol. The van der Waals surface area contributed by atoms with Gasteiger partial charge in [-0.3, -0.25) is 10.1 Å². The van der Waals surface area contributed by atoms with Crippen LogP contribution in [0.1, 0.15) is 20.8 Å². The zero-order valence-corrected chi connectivity index (χ0v) is 11.2. The fourth-order valence-electron chi connectivity index (χ4n) is 1.67. The minimum Gasteiger partial charge on any atom is -0.444 e. The highest BCUT2D eigenvalue weighted by Gasteiger charge is 2.18. The normalized spacial score (nSPS) is 13.9. The molecule has 2 amide bonds. The van der Waals surface area contributed by atoms with E-state index in [0.717, 1.165) is 5.69 Å². The maximum atomic E-state index is 11.6. The van der Waals surface area contributed by atoms with Crippen molar-refractivity contribution in [3.05, 3.63) is 18.2 Å². The number of anilines is 3. The Bertz CT molecular complexity index is 520. The lowest BCUT2D eigenvalue weighted by molar-refractivity contribution is -0.114. The summed E-state index contributed by atoms with van der Waals surface area (Å²) in [7, 11) is 0. The van der Waals surface area contributed by atoms with Crippen molar-refractivity contribution in [2.75, 3.05) is 22.5 Å². The Morgan fingerprint density at radius 1 is 1.32 bits per heavy atom. The third kappa shape index (κ3) is 3.61. The summed E-state index contributed by atoms with van der Waals surface area (Å²) in [5, 5.41) is 8.35. The standard InChI is InChI=1S/C13H17N3O3/c1-13(2,3)19-12(18)15-8-4-5-9-10(6-8)14-7-11(17)16-9/h4-6,14H,7H2,1-3H3,(H,15,18)(H,16,17). The van der Waals surface area contributed by atoms with Gasteiger partial charge in [-0.1, -0.05) is 0 Å². The predicted molar refractivity (Wildman–Crippen MR) is 73.4 cm³/mol. The first-order valence-electron chi connectivity index (χ1n) is 6.01. The van der Waals surface area contributed by atoms with E-state index < -0.39 is 11.7 Å². The van der Waals surface area contributed by atoms with E-state index >= 15 is 0 Å². The lowest BCUT2D eigenvalue weighted by atomic mass is 10.2. The smallest absolute Gasteiger partial charge is 0.412 e. The van der Waals surface area contributed by atoms with Crippen LogP contribution in [-0.2, 0) is 9.53 Å². The summed E-state index contributed by atoms with van der Waals surface area (Å²) in [5.74, 6) is -0.0830. The van der Waals surface area contributed by atoms with Crippen LogP contribution in [0.25, 0.3) is 0 Å². The second-order valence-corrected chi connectivity index (χ2v) is 5.29. The quantitative estimate of drug-likeness (QED) is 0.727. The molecular formula is C13H17N3O3. The molecule has 1 heterocycles. The van der Waals surface area contributed by atoms with Crippen molar-refractivity contribution in [3.63, 3.8) is 0 Å². The maximum Gasteiger partial charge on any atom is 0.412 e. The van der Waals surface area contributed by atoms with Crippen LogP contribution in [0.3, 0.4) is 0 Å². The molecule has 1 aromatic carbocycles. The van der Waals surface area contributed by atoms with Crippen molar-refractivity contribution < 1.29 is 14.3 Å². The van der Waals surface area contributed by atoms with Crippen molar-refractivity contribution in [1.29, 1.82) is 0 Å². The highest BCUT2D eigenvalue weighted by atomic mass is 16.6. The van der Waals surface area contributed by atoms with Gasteiger partial charge in [0.25, 0.3) is 0 Å². The Balaban J connectivity index is 2.06. The first-order chi connectivity index (χ1) is 8.83. The Morgan fingerprint density at radius 2 is 2.05 bits per heavy atom. The lowest BCUT2D eigenvalue weighted by Crippen LogP contribution is -2.28. The van der Waals surface area contributed by atoms with Crippen molar-refractivity contribution in [2.45, 2.75) is 26.4 Å². The molecule has 0 unspecified atom stereocenters. The first-order valence-corrected chi connectivity index (χ1v) is 6.01. The third-order valence-corrected chi connectivity index (χ3v) is 2.38. The SMILES string of the molecule is CC(C)(C)OC(=O)Nc1ccc2c(c1)NCC(=O)N2. The number of hydrogen-bond acceptors (Lipinski definition) is 4. The molecule has 6 heteroatoms. The largest absolute Gasteiger partial charge is 0.444 e. The maximum absolute atomic E-state index is 11.6. The Labute approximate surface area is 111 Å². The number of carbonyl (C=O) groups excluding carboxylic acids is 2. The molecule has 0 saturated carbocycles. The van der Waals surface area contributed by atoms with Crippen molar-refractivity contribution in [1.82, 2.24) is 0 Å². The molecule has 0 saturated heterocycles. The summed E-state index contributed by atoms with van der Waals surface area (Å²) in [6.45, 7) is 5.63. The van der Waals surface area contributed by atoms with Crippen LogP contribution in [-0.4, -0.2) is 24.1 Å². The summed E-state index contributed by atoms with van der Waals surface area (Å²) < 4.78 is 5.16. The van der Waals surface area contributed by atoms with E-state index in [-0.39, 0.29) is 12.5 Å². The molecule has 0 atom stereocenters. The molecule has 3 N–H and O–H groups in total. The van der Waals surface area contributed by atoms with Gasteiger partial charge in [0.1, 0.15) is 5.60 Å². The Hall–Kier alpha value is -2.24. The van der Waals surface area contributed by atoms with Gasteiger partial charge in [0.2, 0.25) is 5.91 Å². The van der Waals surface area contributed by atoms with Crippen LogP contribution >= 0.6 is 0 Å². The summed E-state index contributed by atoms with van der Waals surface area (Å²) in [5.41, 5.74) is 1.54.